The third-order valence-corrected chi connectivity index (χ3v) is 5.96. The van der Waals surface area contributed by atoms with Crippen LogP contribution in [0.1, 0.15) is 47.0 Å². The highest BCUT2D eigenvalue weighted by Gasteiger charge is 2.77. The Hall–Kier alpha value is -1.24. The van der Waals surface area contributed by atoms with Gasteiger partial charge in [-0.25, -0.2) is 0 Å². The predicted molar refractivity (Wildman–Crippen MR) is 83.9 cm³/mol. The van der Waals surface area contributed by atoms with Crippen molar-refractivity contribution in [1.82, 2.24) is 0 Å². The summed E-state index contributed by atoms with van der Waals surface area (Å²) >= 11 is 0. The first-order valence-corrected chi connectivity index (χ1v) is 8.91. The smallest absolute Gasteiger partial charge is 0.426 e. The summed E-state index contributed by atoms with van der Waals surface area (Å²) in [5.74, 6) is -6.72. The fourth-order valence-electron chi connectivity index (χ4n) is 3.40. The van der Waals surface area contributed by atoms with Crippen LogP contribution in [0.15, 0.2) is 0 Å². The Labute approximate surface area is 166 Å². The summed E-state index contributed by atoms with van der Waals surface area (Å²) in [5.41, 5.74) is -10.7. The highest BCUT2D eigenvalue weighted by molar-refractivity contribution is 5.76. The van der Waals surface area contributed by atoms with Gasteiger partial charge in [-0.1, -0.05) is 6.92 Å². The number of ether oxygens (including phenoxy) is 1. The van der Waals surface area contributed by atoms with E-state index in [2.05, 4.69) is 0 Å². The molecule has 0 spiro atoms. The van der Waals surface area contributed by atoms with Crippen molar-refractivity contribution >= 4 is 5.97 Å². The summed E-state index contributed by atoms with van der Waals surface area (Å²) in [6.45, 7) is 4.08. The lowest BCUT2D eigenvalue weighted by Crippen LogP contribution is -2.65. The Morgan fingerprint density at radius 2 is 1.23 bits per heavy atom. The Balaban J connectivity index is 3.61. The Bertz CT molecular complexity index is 621. The molecule has 4 nitrogen and oxygen atoms in total. The summed E-state index contributed by atoms with van der Waals surface area (Å²) in [6.07, 6.45) is -23.0. The standard InChI is InChI=1S/C17H23F9O4/c1-5-12(2,3)11(27)30-10-8(13(4,28)15(18,19)20)6-7-9(10)14(29,16(21,22)23)17(24,25)26/h8-10,28-29H,5-7H2,1-4H3. The van der Waals surface area contributed by atoms with Crippen LogP contribution in [0.5, 0.6) is 0 Å². The van der Waals surface area contributed by atoms with Gasteiger partial charge in [0.2, 0.25) is 0 Å². The first kappa shape index (κ1) is 26.8. The Morgan fingerprint density at radius 1 is 0.833 bits per heavy atom. The summed E-state index contributed by atoms with van der Waals surface area (Å²) in [5, 5.41) is 19.6. The molecule has 2 N–H and O–H groups in total. The lowest BCUT2D eigenvalue weighted by Gasteiger charge is -2.42. The van der Waals surface area contributed by atoms with Gasteiger partial charge in [0.1, 0.15) is 6.10 Å². The van der Waals surface area contributed by atoms with E-state index in [0.717, 1.165) is 0 Å². The van der Waals surface area contributed by atoms with Gasteiger partial charge in [0.15, 0.2) is 5.60 Å². The number of rotatable bonds is 5. The van der Waals surface area contributed by atoms with E-state index in [1.54, 1.807) is 0 Å². The molecular formula is C17H23F9O4. The SMILES string of the molecule is CCC(C)(C)C(=O)OC1C(C(C)(O)C(F)(F)F)CCC1C(O)(C(F)(F)F)C(F)(F)F. The molecule has 0 amide bonds. The van der Waals surface area contributed by atoms with Crippen LogP contribution in [-0.2, 0) is 9.53 Å². The topological polar surface area (TPSA) is 66.8 Å². The number of hydrogen-bond acceptors (Lipinski definition) is 4. The van der Waals surface area contributed by atoms with Gasteiger partial charge >= 0.3 is 24.5 Å². The van der Waals surface area contributed by atoms with E-state index in [9.17, 15) is 54.5 Å². The van der Waals surface area contributed by atoms with Crippen molar-refractivity contribution < 1.29 is 59.3 Å². The van der Waals surface area contributed by atoms with Gasteiger partial charge in [0.25, 0.3) is 5.60 Å². The lowest BCUT2D eigenvalue weighted by atomic mass is 9.78. The number of esters is 1. The van der Waals surface area contributed by atoms with Crippen LogP contribution in [-0.4, -0.2) is 52.0 Å². The number of carbonyl (C=O) groups is 1. The minimum absolute atomic E-state index is 0.00631. The number of hydrogen-bond donors (Lipinski definition) is 2. The Morgan fingerprint density at radius 3 is 1.57 bits per heavy atom. The molecule has 4 unspecified atom stereocenters. The first-order chi connectivity index (χ1) is 13.1. The molecule has 1 saturated carbocycles. The summed E-state index contributed by atoms with van der Waals surface area (Å²) in [7, 11) is 0. The fraction of sp³-hybridized carbons (Fsp3) is 0.941. The molecule has 1 aliphatic carbocycles. The molecule has 13 heteroatoms. The molecule has 1 fully saturated rings. The molecular weight excluding hydrogens is 439 g/mol. The molecule has 0 heterocycles. The van der Waals surface area contributed by atoms with Crippen molar-refractivity contribution in [1.29, 1.82) is 0 Å². The number of aliphatic hydroxyl groups is 2. The molecule has 178 valence electrons. The van der Waals surface area contributed by atoms with Crippen LogP contribution >= 0.6 is 0 Å². The molecule has 0 aromatic carbocycles. The van der Waals surface area contributed by atoms with Crippen molar-refractivity contribution in [3.63, 3.8) is 0 Å². The quantitative estimate of drug-likeness (QED) is 0.466. The van der Waals surface area contributed by atoms with Crippen LogP contribution in [0.3, 0.4) is 0 Å². The zero-order chi connectivity index (χ0) is 24.1. The molecule has 0 aromatic rings. The maximum absolute atomic E-state index is 13.3. The Kier molecular flexibility index (Phi) is 6.89. The van der Waals surface area contributed by atoms with Gasteiger partial charge in [-0.3, -0.25) is 4.79 Å². The lowest BCUT2D eigenvalue weighted by molar-refractivity contribution is -0.391. The molecule has 0 radical (unpaired) electrons. The number of halogens is 9. The molecule has 1 rings (SSSR count). The fourth-order valence-corrected chi connectivity index (χ4v) is 3.40. The normalized spacial score (nSPS) is 26.4. The molecule has 1 aliphatic rings. The van der Waals surface area contributed by atoms with Crippen molar-refractivity contribution in [2.45, 2.75) is 82.8 Å². The van der Waals surface area contributed by atoms with Gasteiger partial charge in [-0.15, -0.1) is 0 Å². The van der Waals surface area contributed by atoms with Gasteiger partial charge in [-0.2, -0.15) is 39.5 Å². The maximum Gasteiger partial charge on any atom is 0.426 e. The molecule has 4 atom stereocenters. The average molecular weight is 462 g/mol. The van der Waals surface area contributed by atoms with Gasteiger partial charge in [0.05, 0.1) is 5.41 Å². The second-order valence-electron chi connectivity index (χ2n) is 8.30. The zero-order valence-corrected chi connectivity index (χ0v) is 16.5. The maximum atomic E-state index is 13.3. The molecule has 30 heavy (non-hydrogen) atoms. The van der Waals surface area contributed by atoms with Crippen molar-refractivity contribution in [3.05, 3.63) is 0 Å². The summed E-state index contributed by atoms with van der Waals surface area (Å²) in [4.78, 5) is 12.3. The minimum atomic E-state index is -6.33. The van der Waals surface area contributed by atoms with E-state index in [1.807, 2.05) is 0 Å². The number of carbonyl (C=O) groups excluding carboxylic acids is 1. The third-order valence-electron chi connectivity index (χ3n) is 5.96. The second kappa shape index (κ2) is 7.72. The summed E-state index contributed by atoms with van der Waals surface area (Å²) in [6, 6.07) is 0. The van der Waals surface area contributed by atoms with E-state index in [0.29, 0.717) is 0 Å². The number of alkyl halides is 9. The van der Waals surface area contributed by atoms with Crippen LogP contribution < -0.4 is 0 Å². The van der Waals surface area contributed by atoms with E-state index >= 15 is 0 Å². The van der Waals surface area contributed by atoms with Gasteiger partial charge in [0, 0.05) is 11.8 Å². The first-order valence-electron chi connectivity index (χ1n) is 8.91. The van der Waals surface area contributed by atoms with Gasteiger partial charge in [-0.05, 0) is 40.0 Å². The second-order valence-corrected chi connectivity index (χ2v) is 8.30. The third kappa shape index (κ3) is 4.37. The molecule has 0 aliphatic heterocycles. The monoisotopic (exact) mass is 462 g/mol. The van der Waals surface area contributed by atoms with Gasteiger partial charge < -0.3 is 14.9 Å². The van der Waals surface area contributed by atoms with Crippen LogP contribution in [0, 0.1) is 17.3 Å². The van der Waals surface area contributed by atoms with Crippen LogP contribution in [0.4, 0.5) is 39.5 Å². The van der Waals surface area contributed by atoms with E-state index in [-0.39, 0.29) is 13.3 Å². The predicted octanol–water partition coefficient (Wildman–Crippen LogP) is 4.53. The average Bonchev–Trinajstić information content (AvgIpc) is 2.95. The summed E-state index contributed by atoms with van der Waals surface area (Å²) < 4.78 is 125. The zero-order valence-electron chi connectivity index (χ0n) is 16.5. The highest BCUT2D eigenvalue weighted by atomic mass is 19.4. The van der Waals surface area contributed by atoms with Crippen molar-refractivity contribution in [2.24, 2.45) is 17.3 Å². The van der Waals surface area contributed by atoms with E-state index in [4.69, 9.17) is 4.74 Å². The van der Waals surface area contributed by atoms with E-state index in [1.165, 1.54) is 20.8 Å². The van der Waals surface area contributed by atoms with Crippen molar-refractivity contribution in [2.75, 3.05) is 0 Å². The van der Waals surface area contributed by atoms with Crippen LogP contribution in [0.2, 0.25) is 0 Å². The van der Waals surface area contributed by atoms with Crippen molar-refractivity contribution in [3.8, 4) is 0 Å². The van der Waals surface area contributed by atoms with Crippen LogP contribution in [0.25, 0.3) is 0 Å². The minimum Gasteiger partial charge on any atom is -0.461 e. The van der Waals surface area contributed by atoms with E-state index < -0.39 is 71.9 Å². The molecule has 0 aromatic heterocycles. The molecule has 0 saturated heterocycles. The molecule has 0 bridgehead atoms. The largest absolute Gasteiger partial charge is 0.461 e. The highest BCUT2D eigenvalue weighted by Crippen LogP contribution is 2.57.